The maximum absolute atomic E-state index is 13.3. The molecule has 1 saturated carbocycles. The predicted molar refractivity (Wildman–Crippen MR) is 148 cm³/mol. The minimum absolute atomic E-state index is 0.178. The third-order valence-electron chi connectivity index (χ3n) is 5.73. The Hall–Kier alpha value is -2.65. The number of anilines is 1. The van der Waals surface area contributed by atoms with E-state index in [-0.39, 0.29) is 29.3 Å². The van der Waals surface area contributed by atoms with Crippen molar-refractivity contribution in [2.75, 3.05) is 16.8 Å². The molecule has 3 N–H and O–H groups in total. The minimum Gasteiger partial charge on any atom is -0.477 e. The molecule has 2 aliphatic heterocycles. The number of carbonyl (C=O) groups is 4. The van der Waals surface area contributed by atoms with Crippen molar-refractivity contribution in [3.8, 4) is 0 Å². The number of nitrogens with zero attached hydrogens (tertiary/aromatic N) is 5. The molecular formula is C20H14Cl2F3N7O6S4. The fourth-order valence-corrected chi connectivity index (χ4v) is 7.63. The predicted octanol–water partition coefficient (Wildman–Crippen LogP) is 2.69. The third-order valence-corrected chi connectivity index (χ3v) is 10.6. The first-order chi connectivity index (χ1) is 19.8. The van der Waals surface area contributed by atoms with Crippen LogP contribution in [0.2, 0.25) is 0 Å². The zero-order chi connectivity index (χ0) is 30.4. The fraction of sp³-hybridized carbons (Fsp3) is 0.400. The number of halogens is 5. The summed E-state index contributed by atoms with van der Waals surface area (Å²) in [5.41, 5.74) is 1.02. The Bertz CT molecular complexity index is 1500. The molecule has 0 aromatic carbocycles. The molecular weight excluding hydrogens is 690 g/mol. The van der Waals surface area contributed by atoms with Crippen molar-refractivity contribution in [1.82, 2.24) is 25.4 Å². The van der Waals surface area contributed by atoms with Gasteiger partial charge in [-0.25, -0.2) is 9.78 Å². The number of hydrogen-bond donors (Lipinski definition) is 3. The lowest BCUT2D eigenvalue weighted by Gasteiger charge is -2.49. The van der Waals surface area contributed by atoms with Crippen molar-refractivity contribution >= 4 is 104 Å². The van der Waals surface area contributed by atoms with E-state index in [2.05, 4.69) is 25.7 Å². The summed E-state index contributed by atoms with van der Waals surface area (Å²) < 4.78 is 37.3. The van der Waals surface area contributed by atoms with E-state index in [1.165, 1.54) is 40.4 Å². The number of aliphatic carboxylic acids is 1. The number of oxime groups is 1. The molecule has 3 aliphatic rings. The van der Waals surface area contributed by atoms with Crippen molar-refractivity contribution in [1.29, 1.82) is 0 Å². The highest BCUT2D eigenvalue weighted by Crippen LogP contribution is 2.49. The van der Waals surface area contributed by atoms with Gasteiger partial charge in [-0.2, -0.15) is 13.2 Å². The number of fused-ring (bicyclic) bond motifs is 1. The molecule has 2 aromatic rings. The van der Waals surface area contributed by atoms with E-state index in [4.69, 9.17) is 28.0 Å². The number of carboxylic acids is 1. The average molecular weight is 705 g/mol. The van der Waals surface area contributed by atoms with Gasteiger partial charge in [-0.05, 0) is 5.57 Å². The van der Waals surface area contributed by atoms with Gasteiger partial charge in [-0.15, -0.1) is 33.3 Å². The van der Waals surface area contributed by atoms with Crippen molar-refractivity contribution in [3.63, 3.8) is 0 Å². The number of aromatic nitrogens is 3. The Balaban J connectivity index is 1.32. The SMILES string of the molecule is O=C(O)C1=C(CSc2nncs2)CS[C@@H]2[C@H](NC(=O)/C(=N/OC3CC3(Cl)Cl)c3csc(NC(=O)C(F)(F)F)n3)C(=O)N12. The Morgan fingerprint density at radius 1 is 1.31 bits per heavy atom. The van der Waals surface area contributed by atoms with Crippen LogP contribution in [0.4, 0.5) is 18.3 Å². The molecule has 2 fully saturated rings. The van der Waals surface area contributed by atoms with Crippen LogP contribution < -0.4 is 10.6 Å². The van der Waals surface area contributed by atoms with Gasteiger partial charge < -0.3 is 15.3 Å². The van der Waals surface area contributed by atoms with Gasteiger partial charge >= 0.3 is 18.1 Å². The first-order valence-corrected chi connectivity index (χ1v) is 15.9. The molecule has 2 aromatic heterocycles. The van der Waals surface area contributed by atoms with Crippen LogP contribution in [0.5, 0.6) is 0 Å². The van der Waals surface area contributed by atoms with E-state index in [1.807, 2.05) is 0 Å². The van der Waals surface area contributed by atoms with Gasteiger partial charge in [0.2, 0.25) is 0 Å². The number of thioether (sulfide) groups is 2. The number of β-lactam (4-membered cyclic amide) rings is 1. The van der Waals surface area contributed by atoms with Gasteiger partial charge in [-0.1, -0.05) is 51.5 Å². The number of thiazole rings is 1. The largest absolute Gasteiger partial charge is 0.477 e. The molecule has 1 aliphatic carbocycles. The summed E-state index contributed by atoms with van der Waals surface area (Å²) in [6, 6.07) is -1.16. The molecule has 3 amide bonds. The van der Waals surface area contributed by atoms with E-state index in [1.54, 1.807) is 5.32 Å². The number of rotatable bonds is 10. The van der Waals surface area contributed by atoms with Crippen LogP contribution in [-0.2, 0) is 24.0 Å². The fourth-order valence-electron chi connectivity index (χ4n) is 3.61. The molecule has 22 heteroatoms. The van der Waals surface area contributed by atoms with Crippen LogP contribution in [0.1, 0.15) is 12.1 Å². The summed E-state index contributed by atoms with van der Waals surface area (Å²) in [4.78, 5) is 59.8. The molecule has 5 rings (SSSR count). The van der Waals surface area contributed by atoms with Gasteiger partial charge in [0.15, 0.2) is 25.6 Å². The van der Waals surface area contributed by atoms with Crippen molar-refractivity contribution in [3.05, 3.63) is 27.9 Å². The molecule has 4 heterocycles. The van der Waals surface area contributed by atoms with Gasteiger partial charge in [0.05, 0.1) is 0 Å². The Morgan fingerprint density at radius 3 is 2.67 bits per heavy atom. The first kappa shape index (κ1) is 30.8. The van der Waals surface area contributed by atoms with Crippen molar-refractivity contribution < 1.29 is 42.3 Å². The smallest absolute Gasteiger partial charge is 0.471 e. The van der Waals surface area contributed by atoms with E-state index >= 15 is 0 Å². The highest BCUT2D eigenvalue weighted by atomic mass is 35.5. The number of nitrogens with one attached hydrogen (secondary N) is 2. The van der Waals surface area contributed by atoms with Gasteiger partial charge in [0.1, 0.15) is 28.3 Å². The standard InChI is InChI=1S/C20H14Cl2F3N7O6S4/c21-19(22)1-8(19)38-31-9(7-4-40-17(27-7)29-16(37)20(23,24)25)12(33)28-10-13(34)32-11(15(35)36)6(2-39-14(10)32)3-41-18-30-26-5-42-18/h4-5,8,10,14H,1-3H2,(H,28,33)(H,35,36)(H,27,29,37)/b31-9+/t8?,10-,14-/m1/s1. The van der Waals surface area contributed by atoms with Crippen LogP contribution >= 0.6 is 69.4 Å². The Kier molecular flexibility index (Phi) is 8.65. The third kappa shape index (κ3) is 6.47. The van der Waals surface area contributed by atoms with Crippen molar-refractivity contribution in [2.45, 2.75) is 38.8 Å². The zero-order valence-electron chi connectivity index (χ0n) is 20.3. The van der Waals surface area contributed by atoms with E-state index < -0.39 is 62.6 Å². The summed E-state index contributed by atoms with van der Waals surface area (Å²) in [5, 5.41) is 25.2. The topological polar surface area (TPSA) is 176 Å². The van der Waals surface area contributed by atoms with E-state index in [9.17, 15) is 37.5 Å². The van der Waals surface area contributed by atoms with Gasteiger partial charge in [-0.3, -0.25) is 24.6 Å². The highest BCUT2D eigenvalue weighted by molar-refractivity contribution is 8.01. The summed E-state index contributed by atoms with van der Waals surface area (Å²) in [6.45, 7) is 0. The maximum atomic E-state index is 13.3. The summed E-state index contributed by atoms with van der Waals surface area (Å²) in [7, 11) is 0. The molecule has 0 bridgehead atoms. The Morgan fingerprint density at radius 2 is 2.05 bits per heavy atom. The number of alkyl halides is 5. The van der Waals surface area contributed by atoms with Gasteiger partial charge in [0.25, 0.3) is 11.8 Å². The second-order valence-electron chi connectivity index (χ2n) is 8.60. The number of carbonyl (C=O) groups excluding carboxylic acids is 3. The summed E-state index contributed by atoms with van der Waals surface area (Å²) in [5.74, 6) is -4.77. The molecule has 0 radical (unpaired) electrons. The molecule has 3 atom stereocenters. The molecule has 13 nitrogen and oxygen atoms in total. The van der Waals surface area contributed by atoms with E-state index in [0.29, 0.717) is 21.2 Å². The lowest BCUT2D eigenvalue weighted by Crippen LogP contribution is -2.71. The summed E-state index contributed by atoms with van der Waals surface area (Å²) in [6.07, 6.45) is -5.79. The van der Waals surface area contributed by atoms with Crippen LogP contribution in [-0.4, -0.2) is 94.1 Å². The normalized spacial score (nSPS) is 23.2. The molecule has 1 saturated heterocycles. The van der Waals surface area contributed by atoms with Crippen LogP contribution in [0, 0.1) is 0 Å². The number of amides is 3. The maximum Gasteiger partial charge on any atom is 0.471 e. The number of carboxylic acid groups (broad SMARTS) is 1. The molecule has 224 valence electrons. The quantitative estimate of drug-likeness (QED) is 0.109. The lowest BCUT2D eigenvalue weighted by atomic mass is 10.0. The molecule has 1 unspecified atom stereocenters. The molecule has 0 spiro atoms. The lowest BCUT2D eigenvalue weighted by molar-refractivity contribution is -0.167. The van der Waals surface area contributed by atoms with Gasteiger partial charge in [0, 0.05) is 23.3 Å². The summed E-state index contributed by atoms with van der Waals surface area (Å²) >= 11 is 16.2. The second-order valence-corrected chi connectivity index (χ2v) is 14.2. The van der Waals surface area contributed by atoms with Crippen LogP contribution in [0.15, 0.2) is 31.7 Å². The van der Waals surface area contributed by atoms with E-state index in [0.717, 1.165) is 10.3 Å². The van der Waals surface area contributed by atoms with Crippen LogP contribution in [0.3, 0.4) is 0 Å². The first-order valence-electron chi connectivity index (χ1n) is 11.3. The molecule has 42 heavy (non-hydrogen) atoms. The average Bonchev–Trinajstić information content (AvgIpc) is 3.32. The second kappa shape index (κ2) is 11.8. The monoisotopic (exact) mass is 703 g/mol. The van der Waals surface area contributed by atoms with Crippen molar-refractivity contribution in [2.24, 2.45) is 5.16 Å². The number of hydrogen-bond acceptors (Lipinski definition) is 13. The van der Waals surface area contributed by atoms with Crippen LogP contribution in [0.25, 0.3) is 0 Å². The minimum atomic E-state index is -5.17. The highest BCUT2D eigenvalue weighted by Gasteiger charge is 2.56. The Labute approximate surface area is 259 Å². The zero-order valence-corrected chi connectivity index (χ0v) is 25.0.